The van der Waals surface area contributed by atoms with Gasteiger partial charge in [-0.3, -0.25) is 5.32 Å². The lowest BCUT2D eigenvalue weighted by atomic mass is 10.1. The fraction of sp³-hybridized carbons (Fsp3) is 0.250. The van der Waals surface area contributed by atoms with E-state index in [1.165, 1.54) is 22.0 Å². The van der Waals surface area contributed by atoms with Crippen LogP contribution in [0.2, 0.25) is 0 Å². The topological polar surface area (TPSA) is 15.9 Å². The van der Waals surface area contributed by atoms with Gasteiger partial charge in [-0.05, 0) is 26.3 Å². The van der Waals surface area contributed by atoms with Crippen LogP contribution in [0.1, 0.15) is 26.3 Å². The van der Waals surface area contributed by atoms with E-state index in [4.69, 9.17) is 0 Å². The number of benzene rings is 2. The third kappa shape index (κ3) is 3.99. The fourth-order valence-corrected chi connectivity index (χ4v) is 3.66. The monoisotopic (exact) mass is 323 g/mol. The Morgan fingerprint density at radius 1 is 0.913 bits per heavy atom. The first-order valence-corrected chi connectivity index (χ1v) is 8.80. The zero-order valence-electron chi connectivity index (χ0n) is 13.9. The van der Waals surface area contributed by atoms with Crippen LogP contribution in [0.4, 0.5) is 5.13 Å². The number of nitrogens with one attached hydrogen (secondary N) is 1. The molecule has 0 saturated heterocycles. The Balaban J connectivity index is 2.03. The molecule has 3 rings (SSSR count). The number of thiazole rings is 1. The van der Waals surface area contributed by atoms with Crippen LogP contribution in [0, 0.1) is 0 Å². The molecular formula is C20H23N2S+. The molecule has 0 aliphatic carbocycles. The first kappa shape index (κ1) is 15.8. The summed E-state index contributed by atoms with van der Waals surface area (Å²) < 4.78 is 2.38. The van der Waals surface area contributed by atoms with Gasteiger partial charge in [0.15, 0.2) is 0 Å². The average Bonchev–Trinajstić information content (AvgIpc) is 2.90. The number of rotatable bonds is 4. The van der Waals surface area contributed by atoms with E-state index in [0.29, 0.717) is 0 Å². The lowest BCUT2D eigenvalue weighted by Crippen LogP contribution is -2.41. The third-order valence-corrected chi connectivity index (χ3v) is 4.44. The van der Waals surface area contributed by atoms with Crippen molar-refractivity contribution in [1.82, 2.24) is 0 Å². The molecule has 0 atom stereocenters. The summed E-state index contributed by atoms with van der Waals surface area (Å²) >= 11 is 1.77. The van der Waals surface area contributed by atoms with Gasteiger partial charge in [0.25, 0.3) is 0 Å². The molecule has 3 heteroatoms. The van der Waals surface area contributed by atoms with E-state index in [1.807, 2.05) is 0 Å². The molecule has 0 unspecified atom stereocenters. The molecule has 3 aromatic rings. The molecule has 1 N–H and O–H groups in total. The van der Waals surface area contributed by atoms with Crippen molar-refractivity contribution in [2.45, 2.75) is 32.9 Å². The maximum Gasteiger partial charge on any atom is 0.334 e. The van der Waals surface area contributed by atoms with Crippen LogP contribution in [0.5, 0.6) is 0 Å². The van der Waals surface area contributed by atoms with Crippen molar-refractivity contribution >= 4 is 16.5 Å². The Hall–Kier alpha value is -2.13. The van der Waals surface area contributed by atoms with Crippen LogP contribution in [0.3, 0.4) is 0 Å². The molecule has 0 spiro atoms. The van der Waals surface area contributed by atoms with Crippen molar-refractivity contribution in [1.29, 1.82) is 0 Å². The predicted octanol–water partition coefficient (Wildman–Crippen LogP) is 4.96. The SMILES string of the molecule is CC(C)(C)Nc1scc(-c2ccccc2)[n+]1Cc1ccccc1. The summed E-state index contributed by atoms with van der Waals surface area (Å²) in [4.78, 5) is 0. The van der Waals surface area contributed by atoms with Gasteiger partial charge >= 0.3 is 5.13 Å². The molecular weight excluding hydrogens is 300 g/mol. The Morgan fingerprint density at radius 3 is 2.13 bits per heavy atom. The molecule has 2 nitrogen and oxygen atoms in total. The summed E-state index contributed by atoms with van der Waals surface area (Å²) in [6, 6.07) is 21.2. The standard InChI is InChI=1S/C20H22N2S/c1-20(2,3)21-19-22(14-16-10-6-4-7-11-16)18(15-23-19)17-12-8-5-9-13-17/h4-13,15H,14H2,1-3H3/p+1. The van der Waals surface area contributed by atoms with Crippen molar-refractivity contribution in [2.24, 2.45) is 0 Å². The molecule has 2 aromatic carbocycles. The average molecular weight is 323 g/mol. The summed E-state index contributed by atoms with van der Waals surface area (Å²) in [7, 11) is 0. The summed E-state index contributed by atoms with van der Waals surface area (Å²) in [6.07, 6.45) is 0. The number of aromatic nitrogens is 1. The molecule has 0 saturated carbocycles. The first-order chi connectivity index (χ1) is 11.0. The fourth-order valence-electron chi connectivity index (χ4n) is 2.52. The van der Waals surface area contributed by atoms with Gasteiger partial charge in [0.05, 0.1) is 5.54 Å². The minimum atomic E-state index is 0.0389. The van der Waals surface area contributed by atoms with Gasteiger partial charge in [-0.2, -0.15) is 0 Å². The number of nitrogens with zero attached hydrogens (tertiary/aromatic N) is 1. The summed E-state index contributed by atoms with van der Waals surface area (Å²) in [5, 5.41) is 7.08. The molecule has 0 amide bonds. The maximum atomic E-state index is 3.64. The second-order valence-corrected chi connectivity index (χ2v) is 7.60. The summed E-state index contributed by atoms with van der Waals surface area (Å²) in [5.74, 6) is 0. The Bertz CT molecular complexity index is 755. The minimum absolute atomic E-state index is 0.0389. The Morgan fingerprint density at radius 2 is 1.52 bits per heavy atom. The second kappa shape index (κ2) is 6.55. The van der Waals surface area contributed by atoms with Crippen LogP contribution < -0.4 is 9.88 Å². The molecule has 23 heavy (non-hydrogen) atoms. The largest absolute Gasteiger partial charge is 0.334 e. The highest BCUT2D eigenvalue weighted by molar-refractivity contribution is 7.13. The highest BCUT2D eigenvalue weighted by Gasteiger charge is 2.24. The second-order valence-electron chi connectivity index (χ2n) is 6.74. The summed E-state index contributed by atoms with van der Waals surface area (Å²) in [6.45, 7) is 7.46. The van der Waals surface area contributed by atoms with Gasteiger partial charge in [0, 0.05) is 10.9 Å². The molecule has 0 bridgehead atoms. The maximum absolute atomic E-state index is 3.64. The van der Waals surface area contributed by atoms with Gasteiger partial charge in [0.1, 0.15) is 12.2 Å². The van der Waals surface area contributed by atoms with Crippen LogP contribution in [-0.4, -0.2) is 5.54 Å². The number of hydrogen-bond acceptors (Lipinski definition) is 2. The minimum Gasteiger partial charge on any atom is -0.261 e. The molecule has 1 aromatic heterocycles. The quantitative estimate of drug-likeness (QED) is 0.671. The Labute approximate surface area is 142 Å². The van der Waals surface area contributed by atoms with E-state index < -0.39 is 0 Å². The van der Waals surface area contributed by atoms with E-state index in [-0.39, 0.29) is 5.54 Å². The van der Waals surface area contributed by atoms with Crippen molar-refractivity contribution < 1.29 is 4.57 Å². The molecule has 0 radical (unpaired) electrons. The van der Waals surface area contributed by atoms with E-state index in [1.54, 1.807) is 11.3 Å². The highest BCUT2D eigenvalue weighted by Crippen LogP contribution is 2.25. The van der Waals surface area contributed by atoms with Crippen LogP contribution >= 0.6 is 11.3 Å². The molecule has 0 aliphatic rings. The number of anilines is 1. The zero-order valence-corrected chi connectivity index (χ0v) is 14.7. The molecule has 0 fully saturated rings. The predicted molar refractivity (Wildman–Crippen MR) is 98.9 cm³/mol. The lowest BCUT2D eigenvalue weighted by molar-refractivity contribution is -0.659. The van der Waals surface area contributed by atoms with Gasteiger partial charge in [-0.1, -0.05) is 72.0 Å². The third-order valence-electron chi connectivity index (χ3n) is 3.55. The van der Waals surface area contributed by atoms with Crippen LogP contribution in [0.25, 0.3) is 11.3 Å². The highest BCUT2D eigenvalue weighted by atomic mass is 32.1. The van der Waals surface area contributed by atoms with Crippen molar-refractivity contribution in [3.8, 4) is 11.3 Å². The van der Waals surface area contributed by atoms with E-state index in [9.17, 15) is 0 Å². The normalized spacial score (nSPS) is 11.4. The molecule has 0 aliphatic heterocycles. The van der Waals surface area contributed by atoms with Crippen molar-refractivity contribution in [3.05, 3.63) is 71.6 Å². The van der Waals surface area contributed by atoms with E-state index in [2.05, 4.69) is 96.7 Å². The van der Waals surface area contributed by atoms with E-state index >= 15 is 0 Å². The zero-order chi connectivity index (χ0) is 16.3. The van der Waals surface area contributed by atoms with E-state index in [0.717, 1.165) is 6.54 Å². The lowest BCUT2D eigenvalue weighted by Gasteiger charge is -2.15. The van der Waals surface area contributed by atoms with Crippen molar-refractivity contribution in [2.75, 3.05) is 5.32 Å². The summed E-state index contributed by atoms with van der Waals surface area (Å²) in [5.41, 5.74) is 3.86. The number of hydrogen-bond donors (Lipinski definition) is 1. The van der Waals surface area contributed by atoms with Gasteiger partial charge < -0.3 is 0 Å². The van der Waals surface area contributed by atoms with Crippen molar-refractivity contribution in [3.63, 3.8) is 0 Å². The molecule has 118 valence electrons. The van der Waals surface area contributed by atoms with Crippen LogP contribution in [0.15, 0.2) is 66.0 Å². The van der Waals surface area contributed by atoms with Gasteiger partial charge in [0.2, 0.25) is 0 Å². The first-order valence-electron chi connectivity index (χ1n) is 7.92. The van der Waals surface area contributed by atoms with Gasteiger partial charge in [-0.15, -0.1) is 0 Å². The molecule has 1 heterocycles. The smallest absolute Gasteiger partial charge is 0.261 e. The Kier molecular flexibility index (Phi) is 4.49. The van der Waals surface area contributed by atoms with Crippen LogP contribution in [-0.2, 0) is 6.54 Å². The van der Waals surface area contributed by atoms with Gasteiger partial charge in [-0.25, -0.2) is 4.57 Å².